The lowest BCUT2D eigenvalue weighted by Crippen LogP contribution is -2.58. The Morgan fingerprint density at radius 1 is 1.17 bits per heavy atom. The number of rotatable bonds is 6. The van der Waals surface area contributed by atoms with E-state index in [2.05, 4.69) is 4.74 Å². The van der Waals surface area contributed by atoms with Gasteiger partial charge in [0.2, 0.25) is 0 Å². The van der Waals surface area contributed by atoms with E-state index in [1.54, 1.807) is 0 Å². The molecule has 0 spiro atoms. The normalized spacial score (nSPS) is 21.5. The summed E-state index contributed by atoms with van der Waals surface area (Å²) in [6.07, 6.45) is -1.41. The highest BCUT2D eigenvalue weighted by molar-refractivity contribution is 5.97. The number of carbonyl (C=O) groups is 2. The molecule has 1 aliphatic rings. The molecule has 6 nitrogen and oxygen atoms in total. The Hall–Kier alpha value is -3.07. The van der Waals surface area contributed by atoms with Crippen molar-refractivity contribution in [2.24, 2.45) is 5.41 Å². The number of hydrogen-bond acceptors (Lipinski definition) is 4. The number of benzene rings is 2. The van der Waals surface area contributed by atoms with Crippen LogP contribution in [0, 0.1) is 11.2 Å². The van der Waals surface area contributed by atoms with Crippen LogP contribution in [0.2, 0.25) is 0 Å². The number of ether oxygens (including phenoxy) is 1. The van der Waals surface area contributed by atoms with Crippen LogP contribution in [-0.2, 0) is 11.2 Å². The van der Waals surface area contributed by atoms with Crippen LogP contribution < -0.4 is 4.74 Å². The van der Waals surface area contributed by atoms with Crippen molar-refractivity contribution in [3.8, 4) is 5.75 Å². The number of hydrogen-bond donors (Lipinski definition) is 2. The Kier molecular flexibility index (Phi) is 6.31. The minimum absolute atomic E-state index is 0.0168. The fourth-order valence-electron chi connectivity index (χ4n) is 3.69. The Morgan fingerprint density at radius 2 is 1.83 bits per heavy atom. The maximum absolute atomic E-state index is 13.2. The van der Waals surface area contributed by atoms with E-state index in [1.165, 1.54) is 53.4 Å². The lowest BCUT2D eigenvalue weighted by Gasteiger charge is -2.43. The van der Waals surface area contributed by atoms with Crippen molar-refractivity contribution in [2.75, 3.05) is 13.1 Å². The van der Waals surface area contributed by atoms with Crippen molar-refractivity contribution in [2.45, 2.75) is 25.6 Å². The zero-order chi connectivity index (χ0) is 21.9. The highest BCUT2D eigenvalue weighted by atomic mass is 19.3. The molecule has 0 aromatic heterocycles. The second kappa shape index (κ2) is 8.74. The summed E-state index contributed by atoms with van der Waals surface area (Å²) in [6.45, 7) is -3.43. The van der Waals surface area contributed by atoms with Crippen molar-refractivity contribution in [3.63, 3.8) is 0 Å². The molecule has 2 aromatic carbocycles. The van der Waals surface area contributed by atoms with Crippen molar-refractivity contribution in [1.82, 2.24) is 4.90 Å². The SMILES string of the molecule is O=C(c1ccccc1OC(F)F)N1CC[C@H](O)[C@](Cc2ccc(F)cc2)(C(=O)O)C1. The molecule has 1 heterocycles. The molecule has 3 rings (SSSR count). The molecule has 2 aromatic rings. The summed E-state index contributed by atoms with van der Waals surface area (Å²) in [6, 6.07) is 10.6. The van der Waals surface area contributed by atoms with E-state index in [9.17, 15) is 33.0 Å². The fourth-order valence-corrected chi connectivity index (χ4v) is 3.69. The van der Waals surface area contributed by atoms with E-state index < -0.39 is 35.8 Å². The molecule has 0 aliphatic carbocycles. The van der Waals surface area contributed by atoms with Gasteiger partial charge in [0.1, 0.15) is 17.0 Å². The molecule has 9 heteroatoms. The van der Waals surface area contributed by atoms with Gasteiger partial charge in [-0.15, -0.1) is 0 Å². The van der Waals surface area contributed by atoms with Gasteiger partial charge >= 0.3 is 12.6 Å². The predicted octanol–water partition coefficient (Wildman–Crippen LogP) is 2.95. The first-order valence-electron chi connectivity index (χ1n) is 9.22. The van der Waals surface area contributed by atoms with Crippen LogP contribution in [0.15, 0.2) is 48.5 Å². The average Bonchev–Trinajstić information content (AvgIpc) is 2.70. The third kappa shape index (κ3) is 4.40. The topological polar surface area (TPSA) is 87.1 Å². The number of aliphatic hydroxyl groups is 1. The van der Waals surface area contributed by atoms with E-state index in [4.69, 9.17) is 0 Å². The molecule has 0 saturated carbocycles. The molecule has 1 aliphatic heterocycles. The predicted molar refractivity (Wildman–Crippen MR) is 99.8 cm³/mol. The highest BCUT2D eigenvalue weighted by Crippen LogP contribution is 2.36. The number of likely N-dealkylation sites (tertiary alicyclic amines) is 1. The first-order valence-corrected chi connectivity index (χ1v) is 9.22. The number of aliphatic carboxylic acids is 1. The first kappa shape index (κ1) is 21.6. The number of carboxylic acid groups (broad SMARTS) is 1. The van der Waals surface area contributed by atoms with Crippen LogP contribution in [0.4, 0.5) is 13.2 Å². The van der Waals surface area contributed by atoms with Crippen molar-refractivity contribution in [3.05, 3.63) is 65.5 Å². The van der Waals surface area contributed by atoms with E-state index in [-0.39, 0.29) is 37.2 Å². The molecule has 30 heavy (non-hydrogen) atoms. The zero-order valence-electron chi connectivity index (χ0n) is 15.8. The molecule has 1 fully saturated rings. The third-order valence-corrected chi connectivity index (χ3v) is 5.26. The number of carbonyl (C=O) groups excluding carboxylic acids is 1. The first-order chi connectivity index (χ1) is 14.2. The molecule has 0 radical (unpaired) electrons. The second-order valence-corrected chi connectivity index (χ2v) is 7.17. The number of aliphatic hydroxyl groups excluding tert-OH is 1. The van der Waals surface area contributed by atoms with Crippen LogP contribution in [0.25, 0.3) is 0 Å². The summed E-state index contributed by atoms with van der Waals surface area (Å²) in [7, 11) is 0. The summed E-state index contributed by atoms with van der Waals surface area (Å²) in [5.41, 5.74) is -1.38. The average molecular weight is 423 g/mol. The van der Waals surface area contributed by atoms with Crippen LogP contribution in [-0.4, -0.2) is 52.8 Å². The van der Waals surface area contributed by atoms with E-state index in [1.807, 2.05) is 0 Å². The molecule has 1 saturated heterocycles. The van der Waals surface area contributed by atoms with Crippen LogP contribution in [0.1, 0.15) is 22.3 Å². The minimum Gasteiger partial charge on any atom is -0.481 e. The van der Waals surface area contributed by atoms with Gasteiger partial charge < -0.3 is 19.8 Å². The molecular formula is C21H20F3NO5. The van der Waals surface area contributed by atoms with E-state index >= 15 is 0 Å². The molecule has 2 N–H and O–H groups in total. The van der Waals surface area contributed by atoms with Gasteiger partial charge in [0, 0.05) is 13.1 Å². The minimum atomic E-state index is -3.13. The van der Waals surface area contributed by atoms with Gasteiger partial charge in [0.05, 0.1) is 11.7 Å². The second-order valence-electron chi connectivity index (χ2n) is 7.17. The number of halogens is 3. The molecule has 2 atom stereocenters. The molecule has 160 valence electrons. The quantitative estimate of drug-likeness (QED) is 0.746. The van der Waals surface area contributed by atoms with Crippen molar-refractivity contribution < 1.29 is 37.7 Å². The summed E-state index contributed by atoms with van der Waals surface area (Å²) in [5, 5.41) is 20.5. The number of alkyl halides is 2. The Labute approximate surface area is 170 Å². The maximum atomic E-state index is 13.2. The Balaban J connectivity index is 1.90. The third-order valence-electron chi connectivity index (χ3n) is 5.26. The van der Waals surface area contributed by atoms with Crippen LogP contribution >= 0.6 is 0 Å². The van der Waals surface area contributed by atoms with Gasteiger partial charge in [-0.25, -0.2) is 4.39 Å². The van der Waals surface area contributed by atoms with Crippen molar-refractivity contribution >= 4 is 11.9 Å². The highest BCUT2D eigenvalue weighted by Gasteiger charge is 2.50. The Bertz CT molecular complexity index is 921. The monoisotopic (exact) mass is 423 g/mol. The molecular weight excluding hydrogens is 403 g/mol. The van der Waals surface area contributed by atoms with Crippen molar-refractivity contribution in [1.29, 1.82) is 0 Å². The van der Waals surface area contributed by atoms with Gasteiger partial charge in [-0.05, 0) is 42.7 Å². The lowest BCUT2D eigenvalue weighted by molar-refractivity contribution is -0.161. The summed E-state index contributed by atoms with van der Waals surface area (Å²) >= 11 is 0. The number of nitrogens with zero attached hydrogens (tertiary/aromatic N) is 1. The van der Waals surface area contributed by atoms with Gasteiger partial charge in [-0.2, -0.15) is 8.78 Å². The summed E-state index contributed by atoms with van der Waals surface area (Å²) in [5.74, 6) is -2.79. The number of amides is 1. The van der Waals surface area contributed by atoms with Crippen LogP contribution in [0.3, 0.4) is 0 Å². The van der Waals surface area contributed by atoms with Gasteiger partial charge in [-0.3, -0.25) is 9.59 Å². The van der Waals surface area contributed by atoms with Gasteiger partial charge in [-0.1, -0.05) is 24.3 Å². The lowest BCUT2D eigenvalue weighted by atomic mass is 9.72. The summed E-state index contributed by atoms with van der Waals surface area (Å²) in [4.78, 5) is 26.4. The number of piperidine rings is 1. The summed E-state index contributed by atoms with van der Waals surface area (Å²) < 4.78 is 42.9. The zero-order valence-corrected chi connectivity index (χ0v) is 15.8. The molecule has 0 bridgehead atoms. The molecule has 0 unspecified atom stereocenters. The number of para-hydroxylation sites is 1. The van der Waals surface area contributed by atoms with E-state index in [0.29, 0.717) is 5.56 Å². The Morgan fingerprint density at radius 3 is 2.47 bits per heavy atom. The standard InChI is InChI=1S/C21H20F3NO5/c22-14-7-5-13(6-8-14)11-21(19(28)29)12-25(10-9-17(21)26)18(27)15-3-1-2-4-16(15)30-20(23)24/h1-8,17,20,26H,9-12H2,(H,28,29)/t17-,21+/m0/s1. The number of carboxylic acids is 1. The van der Waals surface area contributed by atoms with Gasteiger partial charge in [0.15, 0.2) is 0 Å². The fraction of sp³-hybridized carbons (Fsp3) is 0.333. The smallest absolute Gasteiger partial charge is 0.387 e. The van der Waals surface area contributed by atoms with Crippen LogP contribution in [0.5, 0.6) is 5.75 Å². The largest absolute Gasteiger partial charge is 0.481 e. The van der Waals surface area contributed by atoms with E-state index in [0.717, 1.165) is 0 Å². The maximum Gasteiger partial charge on any atom is 0.387 e. The van der Waals surface area contributed by atoms with Gasteiger partial charge in [0.25, 0.3) is 5.91 Å². The molecule has 1 amide bonds.